The zero-order valence-electron chi connectivity index (χ0n) is 16.8. The van der Waals surface area contributed by atoms with Crippen molar-refractivity contribution in [3.8, 4) is 0 Å². The second-order valence-corrected chi connectivity index (χ2v) is 11.6. The number of nitrogens with zero attached hydrogens (tertiary/aromatic N) is 3. The zero-order valence-corrected chi connectivity index (χ0v) is 19.2. The SMILES string of the molecule is CN(C)S(=O)(=O)c1cc(C(=O)N2CCN(S(=O)(=O)c3ccc(Cl)cc3)CC2)ccc1F. The first-order valence-electron chi connectivity index (χ1n) is 9.21. The van der Waals surface area contributed by atoms with Crippen molar-refractivity contribution in [3.63, 3.8) is 0 Å². The second-order valence-electron chi connectivity index (χ2n) is 7.08. The van der Waals surface area contributed by atoms with Gasteiger partial charge in [0.2, 0.25) is 20.0 Å². The molecule has 0 aromatic heterocycles. The molecule has 1 saturated heterocycles. The number of amides is 1. The van der Waals surface area contributed by atoms with Crippen LogP contribution in [0.15, 0.2) is 52.3 Å². The van der Waals surface area contributed by atoms with Gasteiger partial charge in [-0.05, 0) is 42.5 Å². The summed E-state index contributed by atoms with van der Waals surface area (Å²) in [5, 5.41) is 0.421. The van der Waals surface area contributed by atoms with Crippen LogP contribution in [0.3, 0.4) is 0 Å². The molecule has 1 aliphatic heterocycles. The molecule has 1 fully saturated rings. The highest BCUT2D eigenvalue weighted by atomic mass is 35.5. The molecule has 0 N–H and O–H groups in total. The fraction of sp³-hybridized carbons (Fsp3) is 0.316. The molecular formula is C19H21ClFN3O5S2. The summed E-state index contributed by atoms with van der Waals surface area (Å²) in [6, 6.07) is 8.96. The van der Waals surface area contributed by atoms with Crippen LogP contribution < -0.4 is 0 Å². The Hall–Kier alpha value is -2.05. The Balaban J connectivity index is 1.76. The van der Waals surface area contributed by atoms with E-state index in [0.29, 0.717) is 5.02 Å². The number of benzene rings is 2. The first-order chi connectivity index (χ1) is 14.4. The summed E-state index contributed by atoms with van der Waals surface area (Å²) in [7, 11) is -5.26. The van der Waals surface area contributed by atoms with E-state index in [-0.39, 0.29) is 36.6 Å². The van der Waals surface area contributed by atoms with Crippen LogP contribution in [0.5, 0.6) is 0 Å². The molecule has 0 bridgehead atoms. The molecule has 0 saturated carbocycles. The van der Waals surface area contributed by atoms with Crippen LogP contribution >= 0.6 is 11.6 Å². The lowest BCUT2D eigenvalue weighted by molar-refractivity contribution is 0.0697. The topological polar surface area (TPSA) is 95.1 Å². The van der Waals surface area contributed by atoms with Crippen LogP contribution in [-0.2, 0) is 20.0 Å². The molecule has 12 heteroatoms. The van der Waals surface area contributed by atoms with E-state index in [1.54, 1.807) is 0 Å². The molecule has 1 amide bonds. The molecule has 0 spiro atoms. The van der Waals surface area contributed by atoms with E-state index in [1.165, 1.54) is 53.6 Å². The Labute approximate surface area is 185 Å². The molecule has 31 heavy (non-hydrogen) atoms. The lowest BCUT2D eigenvalue weighted by atomic mass is 10.2. The van der Waals surface area contributed by atoms with Crippen LogP contribution in [0, 0.1) is 5.82 Å². The maximum atomic E-state index is 14.1. The highest BCUT2D eigenvalue weighted by molar-refractivity contribution is 7.89. The number of sulfonamides is 2. The molecular weight excluding hydrogens is 469 g/mol. The monoisotopic (exact) mass is 489 g/mol. The quantitative estimate of drug-likeness (QED) is 0.639. The first kappa shape index (κ1) is 23.6. The highest BCUT2D eigenvalue weighted by Crippen LogP contribution is 2.23. The summed E-state index contributed by atoms with van der Waals surface area (Å²) in [5.41, 5.74) is 0.0100. The molecule has 1 heterocycles. The molecule has 3 rings (SSSR count). The fourth-order valence-electron chi connectivity index (χ4n) is 3.10. The predicted octanol–water partition coefficient (Wildman–Crippen LogP) is 1.88. The molecule has 2 aromatic carbocycles. The van der Waals surface area contributed by atoms with Crippen molar-refractivity contribution in [3.05, 3.63) is 58.9 Å². The molecule has 2 aromatic rings. The van der Waals surface area contributed by atoms with Gasteiger partial charge in [0.1, 0.15) is 10.7 Å². The summed E-state index contributed by atoms with van der Waals surface area (Å²) in [4.78, 5) is 13.8. The maximum absolute atomic E-state index is 14.1. The van der Waals surface area contributed by atoms with Gasteiger partial charge in [0.05, 0.1) is 4.90 Å². The van der Waals surface area contributed by atoms with Gasteiger partial charge >= 0.3 is 0 Å². The Morgan fingerprint density at radius 1 is 0.968 bits per heavy atom. The summed E-state index contributed by atoms with van der Waals surface area (Å²) < 4.78 is 66.3. The molecule has 0 atom stereocenters. The average Bonchev–Trinajstić information content (AvgIpc) is 2.73. The van der Waals surface area contributed by atoms with Crippen LogP contribution in [-0.4, -0.2) is 76.5 Å². The van der Waals surface area contributed by atoms with Crippen molar-refractivity contribution < 1.29 is 26.0 Å². The zero-order chi connectivity index (χ0) is 23.0. The molecule has 0 radical (unpaired) electrons. The van der Waals surface area contributed by atoms with E-state index >= 15 is 0 Å². The number of hydrogen-bond acceptors (Lipinski definition) is 5. The minimum absolute atomic E-state index is 0.0100. The van der Waals surface area contributed by atoms with Crippen molar-refractivity contribution in [1.29, 1.82) is 0 Å². The van der Waals surface area contributed by atoms with Gasteiger partial charge in [0.15, 0.2) is 0 Å². The van der Waals surface area contributed by atoms with Gasteiger partial charge in [-0.15, -0.1) is 0 Å². The Morgan fingerprint density at radius 3 is 2.10 bits per heavy atom. The van der Waals surface area contributed by atoms with Crippen LogP contribution in [0.25, 0.3) is 0 Å². The summed E-state index contributed by atoms with van der Waals surface area (Å²) in [5.74, 6) is -1.46. The number of hydrogen-bond donors (Lipinski definition) is 0. The van der Waals surface area contributed by atoms with Crippen molar-refractivity contribution in [2.45, 2.75) is 9.79 Å². The maximum Gasteiger partial charge on any atom is 0.253 e. The van der Waals surface area contributed by atoms with Gasteiger partial charge in [-0.3, -0.25) is 4.79 Å². The minimum Gasteiger partial charge on any atom is -0.336 e. The predicted molar refractivity (Wildman–Crippen MR) is 113 cm³/mol. The molecule has 0 aliphatic carbocycles. The summed E-state index contributed by atoms with van der Waals surface area (Å²) >= 11 is 5.81. The van der Waals surface area contributed by atoms with Crippen molar-refractivity contribution in [1.82, 2.24) is 13.5 Å². The number of rotatable bonds is 5. The molecule has 1 aliphatic rings. The summed E-state index contributed by atoms with van der Waals surface area (Å²) in [6.07, 6.45) is 0. The number of piperazine rings is 1. The first-order valence-corrected chi connectivity index (χ1v) is 12.5. The number of carbonyl (C=O) groups excluding carboxylic acids is 1. The van der Waals surface area contributed by atoms with E-state index in [9.17, 15) is 26.0 Å². The molecule has 8 nitrogen and oxygen atoms in total. The number of carbonyl (C=O) groups is 1. The van der Waals surface area contributed by atoms with Gasteiger partial charge in [-0.2, -0.15) is 4.31 Å². The Kier molecular flexibility index (Phi) is 6.72. The summed E-state index contributed by atoms with van der Waals surface area (Å²) in [6.45, 7) is 0.360. The Bertz CT molecular complexity index is 1190. The largest absolute Gasteiger partial charge is 0.336 e. The van der Waals surface area contributed by atoms with Gasteiger partial charge < -0.3 is 4.90 Å². The third-order valence-corrected chi connectivity index (χ3v) is 8.91. The van der Waals surface area contributed by atoms with Gasteiger partial charge in [0.25, 0.3) is 5.91 Å². The van der Waals surface area contributed by atoms with E-state index < -0.39 is 36.7 Å². The van der Waals surface area contributed by atoms with Gasteiger partial charge in [-0.1, -0.05) is 11.6 Å². The standard InChI is InChI=1S/C19H21ClFN3O5S2/c1-22(2)31(28,29)18-13-14(3-8-17(18)21)19(25)23-9-11-24(12-10-23)30(26,27)16-6-4-15(20)5-7-16/h3-8,13H,9-12H2,1-2H3. The molecule has 168 valence electrons. The van der Waals surface area contributed by atoms with E-state index in [1.807, 2.05) is 0 Å². The fourth-order valence-corrected chi connectivity index (χ4v) is 5.63. The molecule has 0 unspecified atom stereocenters. The van der Waals surface area contributed by atoms with Crippen LogP contribution in [0.2, 0.25) is 5.02 Å². The smallest absolute Gasteiger partial charge is 0.253 e. The van der Waals surface area contributed by atoms with Crippen LogP contribution in [0.4, 0.5) is 4.39 Å². The third kappa shape index (κ3) is 4.75. The highest BCUT2D eigenvalue weighted by Gasteiger charge is 2.31. The van der Waals surface area contributed by atoms with Crippen molar-refractivity contribution >= 4 is 37.6 Å². The van der Waals surface area contributed by atoms with Gasteiger partial charge in [-0.25, -0.2) is 25.5 Å². The Morgan fingerprint density at radius 2 is 1.55 bits per heavy atom. The lowest BCUT2D eigenvalue weighted by Gasteiger charge is -2.34. The van der Waals surface area contributed by atoms with Gasteiger partial charge in [0, 0.05) is 50.9 Å². The van der Waals surface area contributed by atoms with E-state index in [2.05, 4.69) is 0 Å². The average molecular weight is 490 g/mol. The second kappa shape index (κ2) is 8.83. The van der Waals surface area contributed by atoms with Crippen molar-refractivity contribution in [2.24, 2.45) is 0 Å². The van der Waals surface area contributed by atoms with Crippen molar-refractivity contribution in [2.75, 3.05) is 40.3 Å². The number of halogens is 2. The lowest BCUT2D eigenvalue weighted by Crippen LogP contribution is -2.50. The minimum atomic E-state index is -4.07. The normalized spacial score (nSPS) is 16.0. The van der Waals surface area contributed by atoms with Crippen LogP contribution in [0.1, 0.15) is 10.4 Å². The van der Waals surface area contributed by atoms with E-state index in [4.69, 9.17) is 11.6 Å². The third-order valence-electron chi connectivity index (χ3n) is 4.91. The van der Waals surface area contributed by atoms with E-state index in [0.717, 1.165) is 16.4 Å².